The number of nitrogens with zero attached hydrogens (tertiary/aromatic N) is 3. The molecule has 0 saturated carbocycles. The highest BCUT2D eigenvalue weighted by atomic mass is 16.5. The van der Waals surface area contributed by atoms with E-state index >= 15 is 0 Å². The van der Waals surface area contributed by atoms with Crippen LogP contribution in [0.2, 0.25) is 0 Å². The molecule has 7 nitrogen and oxygen atoms in total. The first kappa shape index (κ1) is 21.4. The maximum atomic E-state index is 14.2. The van der Waals surface area contributed by atoms with Crippen molar-refractivity contribution in [2.45, 2.75) is 18.0 Å². The Morgan fingerprint density at radius 3 is 2.68 bits per heavy atom. The maximum absolute atomic E-state index is 14.2. The number of pyridine rings is 1. The van der Waals surface area contributed by atoms with Crippen molar-refractivity contribution in [3.63, 3.8) is 0 Å². The molecule has 34 heavy (non-hydrogen) atoms. The Labute approximate surface area is 197 Å². The fourth-order valence-electron chi connectivity index (χ4n) is 5.31. The van der Waals surface area contributed by atoms with Gasteiger partial charge in [0.1, 0.15) is 11.8 Å². The van der Waals surface area contributed by atoms with Crippen molar-refractivity contribution in [2.24, 2.45) is 11.1 Å². The Kier molecular flexibility index (Phi) is 5.14. The van der Waals surface area contributed by atoms with Crippen LogP contribution in [-0.4, -0.2) is 35.9 Å². The number of carbonyl (C=O) groups is 2. The van der Waals surface area contributed by atoms with Gasteiger partial charge in [0.15, 0.2) is 11.2 Å². The van der Waals surface area contributed by atoms with Crippen LogP contribution in [0.5, 0.6) is 5.75 Å². The van der Waals surface area contributed by atoms with Gasteiger partial charge in [0, 0.05) is 29.6 Å². The van der Waals surface area contributed by atoms with E-state index in [1.165, 1.54) is 7.11 Å². The molecule has 2 aromatic carbocycles. The third-order valence-corrected chi connectivity index (χ3v) is 6.80. The topological polar surface area (TPSA) is 109 Å². The van der Waals surface area contributed by atoms with E-state index in [1.54, 1.807) is 54.9 Å². The average molecular weight is 450 g/mol. The van der Waals surface area contributed by atoms with Crippen molar-refractivity contribution in [2.75, 3.05) is 12.0 Å². The minimum Gasteiger partial charge on any atom is -0.497 e. The van der Waals surface area contributed by atoms with E-state index in [1.807, 2.05) is 35.2 Å². The van der Waals surface area contributed by atoms with Crippen molar-refractivity contribution in [3.8, 4) is 11.8 Å². The number of aromatic nitrogens is 1. The van der Waals surface area contributed by atoms with Crippen LogP contribution >= 0.6 is 0 Å². The van der Waals surface area contributed by atoms with E-state index in [2.05, 4.69) is 11.1 Å². The van der Waals surface area contributed by atoms with Gasteiger partial charge < -0.3 is 15.4 Å². The SMILES string of the molecule is COc1cccc(C(=O)[C@H]2[C@H](c3cccnc3)[C@@](C#N)(C(N)=O)[C@H]3C=Cc4ccccc4N23)c1. The van der Waals surface area contributed by atoms with Crippen molar-refractivity contribution in [1.29, 1.82) is 5.26 Å². The van der Waals surface area contributed by atoms with Crippen molar-refractivity contribution < 1.29 is 14.3 Å². The zero-order valence-corrected chi connectivity index (χ0v) is 18.5. The molecule has 7 heteroatoms. The van der Waals surface area contributed by atoms with Crippen LogP contribution in [-0.2, 0) is 4.79 Å². The molecule has 3 heterocycles. The second-order valence-electron chi connectivity index (χ2n) is 8.42. The number of rotatable bonds is 5. The second-order valence-corrected chi connectivity index (χ2v) is 8.42. The molecule has 2 N–H and O–H groups in total. The molecule has 2 aliphatic rings. The minimum atomic E-state index is -1.69. The number of amides is 1. The van der Waals surface area contributed by atoms with Gasteiger partial charge in [0.05, 0.1) is 19.2 Å². The number of para-hydroxylation sites is 1. The molecule has 0 unspecified atom stereocenters. The van der Waals surface area contributed by atoms with Crippen LogP contribution in [0.15, 0.2) is 79.1 Å². The van der Waals surface area contributed by atoms with Crippen molar-refractivity contribution in [3.05, 3.63) is 95.8 Å². The van der Waals surface area contributed by atoms with E-state index in [0.29, 0.717) is 16.9 Å². The maximum Gasteiger partial charge on any atom is 0.241 e. The average Bonchev–Trinajstić information content (AvgIpc) is 3.20. The smallest absolute Gasteiger partial charge is 0.241 e. The third kappa shape index (κ3) is 3.00. The summed E-state index contributed by atoms with van der Waals surface area (Å²) in [6.07, 6.45) is 6.89. The number of hydrogen-bond donors (Lipinski definition) is 1. The van der Waals surface area contributed by atoms with Crippen LogP contribution in [0.25, 0.3) is 6.08 Å². The molecule has 1 aromatic heterocycles. The number of ether oxygens (including phenoxy) is 1. The van der Waals surface area contributed by atoms with Gasteiger partial charge in [-0.3, -0.25) is 14.6 Å². The van der Waals surface area contributed by atoms with Crippen molar-refractivity contribution >= 4 is 23.5 Å². The molecule has 168 valence electrons. The Morgan fingerprint density at radius 1 is 1.15 bits per heavy atom. The van der Waals surface area contributed by atoms with Gasteiger partial charge in [-0.2, -0.15) is 5.26 Å². The number of primary amides is 1. The summed E-state index contributed by atoms with van der Waals surface area (Å²) in [6.45, 7) is 0. The Morgan fingerprint density at radius 2 is 1.97 bits per heavy atom. The summed E-state index contributed by atoms with van der Waals surface area (Å²) in [4.78, 5) is 33.4. The van der Waals surface area contributed by atoms with Gasteiger partial charge in [-0.05, 0) is 35.4 Å². The molecule has 1 fully saturated rings. The highest BCUT2D eigenvalue weighted by Gasteiger charge is 2.65. The van der Waals surface area contributed by atoms with Crippen LogP contribution in [0.1, 0.15) is 27.4 Å². The van der Waals surface area contributed by atoms with Gasteiger partial charge in [-0.1, -0.05) is 48.6 Å². The molecule has 0 aliphatic carbocycles. The van der Waals surface area contributed by atoms with E-state index in [0.717, 1.165) is 11.3 Å². The summed E-state index contributed by atoms with van der Waals surface area (Å²) in [5.41, 5.74) is 6.96. The number of methoxy groups -OCH3 is 1. The number of hydrogen-bond acceptors (Lipinski definition) is 6. The predicted octanol–water partition coefficient (Wildman–Crippen LogP) is 3.34. The molecular weight excluding hydrogens is 428 g/mol. The quantitative estimate of drug-likeness (QED) is 0.597. The normalized spacial score (nSPS) is 24.6. The fourth-order valence-corrected chi connectivity index (χ4v) is 5.31. The van der Waals surface area contributed by atoms with Gasteiger partial charge in [-0.25, -0.2) is 0 Å². The molecule has 1 amide bonds. The molecule has 3 aromatic rings. The van der Waals surface area contributed by atoms with Gasteiger partial charge >= 0.3 is 0 Å². The summed E-state index contributed by atoms with van der Waals surface area (Å²) in [5.74, 6) is -1.31. The highest BCUT2D eigenvalue weighted by molar-refractivity contribution is 6.06. The number of nitrogens with two attached hydrogens (primary N) is 1. The highest BCUT2D eigenvalue weighted by Crippen LogP contribution is 2.55. The number of benzene rings is 2. The molecule has 0 radical (unpaired) electrons. The number of Topliss-reactive ketones (excluding diaryl/α,β-unsaturated/α-hetero) is 1. The second kappa shape index (κ2) is 8.16. The first-order chi connectivity index (χ1) is 16.5. The zero-order chi connectivity index (χ0) is 23.9. The molecule has 1 saturated heterocycles. The lowest BCUT2D eigenvalue weighted by molar-refractivity contribution is -0.125. The molecule has 2 aliphatic heterocycles. The molecular formula is C27H22N4O3. The lowest BCUT2D eigenvalue weighted by Gasteiger charge is -2.36. The summed E-state index contributed by atoms with van der Waals surface area (Å²) >= 11 is 0. The third-order valence-electron chi connectivity index (χ3n) is 6.80. The van der Waals surface area contributed by atoms with Crippen LogP contribution in [0.3, 0.4) is 0 Å². The largest absolute Gasteiger partial charge is 0.497 e. The Balaban J connectivity index is 1.80. The summed E-state index contributed by atoms with van der Waals surface area (Å²) in [7, 11) is 1.53. The first-order valence-corrected chi connectivity index (χ1v) is 10.9. The molecule has 0 spiro atoms. The van der Waals surface area contributed by atoms with Gasteiger partial charge in [0.2, 0.25) is 5.91 Å². The summed E-state index contributed by atoms with van der Waals surface area (Å²) < 4.78 is 5.33. The van der Waals surface area contributed by atoms with Crippen molar-refractivity contribution in [1.82, 2.24) is 4.98 Å². The van der Waals surface area contributed by atoms with Crippen LogP contribution in [0, 0.1) is 16.7 Å². The van der Waals surface area contributed by atoms with Crippen LogP contribution in [0.4, 0.5) is 5.69 Å². The monoisotopic (exact) mass is 450 g/mol. The van der Waals surface area contributed by atoms with Crippen LogP contribution < -0.4 is 15.4 Å². The molecule has 4 atom stereocenters. The lowest BCUT2D eigenvalue weighted by atomic mass is 9.68. The lowest BCUT2D eigenvalue weighted by Crippen LogP contribution is -2.49. The zero-order valence-electron chi connectivity index (χ0n) is 18.5. The number of nitriles is 1. The van der Waals surface area contributed by atoms with E-state index in [4.69, 9.17) is 10.5 Å². The van der Waals surface area contributed by atoms with Gasteiger partial charge in [0.25, 0.3) is 0 Å². The van der Waals surface area contributed by atoms with E-state index < -0.39 is 29.3 Å². The fraction of sp³-hybridized carbons (Fsp3) is 0.185. The molecule has 5 rings (SSSR count). The number of anilines is 1. The van der Waals surface area contributed by atoms with Gasteiger partial charge in [-0.15, -0.1) is 0 Å². The predicted molar refractivity (Wildman–Crippen MR) is 127 cm³/mol. The standard InChI is InChI=1S/C27H22N4O3/c1-34-20-9-4-7-18(14-20)25(32)24-23(19-8-5-13-30-15-19)27(16-28,26(29)33)22-12-11-17-6-2-3-10-21(17)31(22)24/h2-15,22-24H,1H3,(H2,29,33)/t22-,23+,24-,27+/m1/s1. The number of fused-ring (bicyclic) bond motifs is 3. The Bertz CT molecular complexity index is 1350. The molecule has 0 bridgehead atoms. The summed E-state index contributed by atoms with van der Waals surface area (Å²) in [5, 5.41) is 10.5. The van der Waals surface area contributed by atoms with E-state index in [-0.39, 0.29) is 5.78 Å². The first-order valence-electron chi connectivity index (χ1n) is 10.9. The Hall–Kier alpha value is -4.44. The summed E-state index contributed by atoms with van der Waals surface area (Å²) in [6, 6.07) is 18.6. The minimum absolute atomic E-state index is 0.235. The number of carbonyl (C=O) groups excluding carboxylic acids is 2. The number of ketones is 1. The van der Waals surface area contributed by atoms with E-state index in [9.17, 15) is 14.9 Å².